The number of ether oxygens (including phenoxy) is 2. The van der Waals surface area contributed by atoms with Gasteiger partial charge in [0.1, 0.15) is 0 Å². The maximum Gasteiger partial charge on any atom is 0.264 e. The summed E-state index contributed by atoms with van der Waals surface area (Å²) in [7, 11) is -3.94. The molecule has 3 aromatic rings. The summed E-state index contributed by atoms with van der Waals surface area (Å²) in [4.78, 5) is 24.0. The van der Waals surface area contributed by atoms with E-state index in [1.54, 1.807) is 18.2 Å². The van der Waals surface area contributed by atoms with Crippen molar-refractivity contribution in [3.05, 3.63) is 54.2 Å². The largest absolute Gasteiger partial charge is 0.454 e. The van der Waals surface area contributed by atoms with Crippen LogP contribution in [0.3, 0.4) is 0 Å². The van der Waals surface area contributed by atoms with Gasteiger partial charge >= 0.3 is 0 Å². The predicted octanol–water partition coefficient (Wildman–Crippen LogP) is 2.57. The van der Waals surface area contributed by atoms with Crippen LogP contribution in [-0.2, 0) is 25.0 Å². The maximum atomic E-state index is 13.0. The molecule has 0 atom stereocenters. The van der Waals surface area contributed by atoms with E-state index < -0.39 is 21.3 Å². The van der Waals surface area contributed by atoms with Gasteiger partial charge in [0.15, 0.2) is 17.3 Å². The van der Waals surface area contributed by atoms with E-state index in [2.05, 4.69) is 10.5 Å². The molecule has 11 heteroatoms. The highest BCUT2D eigenvalue weighted by molar-refractivity contribution is 7.90. The third-order valence-corrected chi connectivity index (χ3v) is 6.99. The Labute approximate surface area is 188 Å². The Hall–Kier alpha value is -3.86. The van der Waals surface area contributed by atoms with Crippen molar-refractivity contribution in [2.45, 2.75) is 30.1 Å². The summed E-state index contributed by atoms with van der Waals surface area (Å²) in [5, 5.41) is 6.94. The van der Waals surface area contributed by atoms with Gasteiger partial charge in [-0.25, -0.2) is 13.1 Å². The van der Waals surface area contributed by atoms with Gasteiger partial charge in [-0.3, -0.25) is 9.59 Å². The van der Waals surface area contributed by atoms with Gasteiger partial charge in [0.25, 0.3) is 10.0 Å². The number of carbonyl (C=O) groups is 2. The molecule has 2 aliphatic rings. The molecule has 1 aliphatic carbocycles. The van der Waals surface area contributed by atoms with Crippen LogP contribution in [-0.4, -0.2) is 32.2 Å². The van der Waals surface area contributed by atoms with Gasteiger partial charge in [-0.1, -0.05) is 5.16 Å². The molecular formula is C22H19N3O7S. The Kier molecular flexibility index (Phi) is 4.85. The molecule has 1 aliphatic heterocycles. The minimum atomic E-state index is -3.94. The van der Waals surface area contributed by atoms with Crippen molar-refractivity contribution >= 4 is 27.5 Å². The van der Waals surface area contributed by atoms with Gasteiger partial charge in [-0.2, -0.15) is 0 Å². The number of anilines is 1. The van der Waals surface area contributed by atoms with E-state index in [9.17, 15) is 18.0 Å². The average molecular weight is 469 g/mol. The number of aromatic nitrogens is 1. The summed E-state index contributed by atoms with van der Waals surface area (Å²) in [5.74, 6) is 0.844. The lowest BCUT2D eigenvalue weighted by molar-refractivity contribution is -0.119. The number of hydrogen-bond acceptors (Lipinski definition) is 8. The van der Waals surface area contributed by atoms with Gasteiger partial charge in [0, 0.05) is 24.2 Å². The average Bonchev–Trinajstić information content (AvgIpc) is 3.20. The second kappa shape index (κ2) is 7.62. The van der Waals surface area contributed by atoms with Crippen LogP contribution >= 0.6 is 0 Å². The van der Waals surface area contributed by atoms with Crippen LogP contribution in [0.1, 0.15) is 25.5 Å². The summed E-state index contributed by atoms with van der Waals surface area (Å²) >= 11 is 0. The normalized spacial score (nSPS) is 15.7. The molecule has 1 aromatic heterocycles. The Morgan fingerprint density at radius 3 is 2.42 bits per heavy atom. The van der Waals surface area contributed by atoms with Crippen molar-refractivity contribution in [1.29, 1.82) is 0 Å². The fourth-order valence-electron chi connectivity index (χ4n) is 3.63. The summed E-state index contributed by atoms with van der Waals surface area (Å²) in [6.45, 7) is 1.28. The molecule has 5 rings (SSSR count). The van der Waals surface area contributed by atoms with Crippen molar-refractivity contribution in [3.8, 4) is 22.8 Å². The van der Waals surface area contributed by atoms with E-state index in [0.717, 1.165) is 12.5 Å². The minimum absolute atomic E-state index is 0.0818. The van der Waals surface area contributed by atoms with Crippen molar-refractivity contribution in [2.75, 3.05) is 12.1 Å². The highest BCUT2D eigenvalue weighted by Crippen LogP contribution is 2.49. The number of benzene rings is 2. The van der Waals surface area contributed by atoms with Gasteiger partial charge in [0.2, 0.25) is 18.6 Å². The Morgan fingerprint density at radius 2 is 1.73 bits per heavy atom. The van der Waals surface area contributed by atoms with Crippen molar-refractivity contribution in [2.24, 2.45) is 0 Å². The van der Waals surface area contributed by atoms with E-state index in [1.807, 2.05) is 10.8 Å². The second-order valence-electron chi connectivity index (χ2n) is 7.87. The fourth-order valence-corrected chi connectivity index (χ4v) is 4.62. The number of sulfonamides is 1. The second-order valence-corrected chi connectivity index (χ2v) is 9.55. The summed E-state index contributed by atoms with van der Waals surface area (Å²) in [6.07, 6.45) is 1.22. The standard InChI is InChI=1S/C22H19N3O7S/c1-13(26)25-33(28,29)16-5-3-15(4-6-16)23-21(27)22(8-9-22)20-11-18(32-24-20)14-2-7-17-19(10-14)31-12-30-17/h2-7,10-11H,8-9,12H2,1H3,(H,23,27)(H,25,26). The number of rotatable bonds is 6. The lowest BCUT2D eigenvalue weighted by Crippen LogP contribution is -2.29. The molecule has 2 amide bonds. The van der Waals surface area contributed by atoms with Crippen molar-refractivity contribution in [1.82, 2.24) is 9.88 Å². The number of amides is 2. The highest BCUT2D eigenvalue weighted by Gasteiger charge is 2.53. The number of carbonyl (C=O) groups excluding carboxylic acids is 2. The molecule has 0 spiro atoms. The zero-order valence-corrected chi connectivity index (χ0v) is 18.3. The zero-order chi connectivity index (χ0) is 23.2. The van der Waals surface area contributed by atoms with Crippen molar-refractivity contribution in [3.63, 3.8) is 0 Å². The molecule has 2 heterocycles. The molecule has 33 heavy (non-hydrogen) atoms. The fraction of sp³-hybridized carbons (Fsp3) is 0.227. The lowest BCUT2D eigenvalue weighted by atomic mass is 10.00. The highest BCUT2D eigenvalue weighted by atomic mass is 32.2. The van der Waals surface area contributed by atoms with Crippen LogP contribution in [0.5, 0.6) is 11.5 Å². The SMILES string of the molecule is CC(=O)NS(=O)(=O)c1ccc(NC(=O)C2(c3cc(-c4ccc5c(c4)OCO5)on3)CC2)cc1. The van der Waals surface area contributed by atoms with E-state index in [0.29, 0.717) is 41.5 Å². The van der Waals surface area contributed by atoms with Crippen LogP contribution in [0.15, 0.2) is 57.9 Å². The van der Waals surface area contributed by atoms with Gasteiger partial charge in [-0.05, 0) is 55.3 Å². The van der Waals surface area contributed by atoms with Gasteiger partial charge in [-0.15, -0.1) is 0 Å². The van der Waals surface area contributed by atoms with E-state index in [4.69, 9.17) is 14.0 Å². The van der Waals surface area contributed by atoms with Crippen LogP contribution in [0, 0.1) is 0 Å². The molecule has 0 saturated heterocycles. The third-order valence-electron chi connectivity index (χ3n) is 5.54. The first-order valence-electron chi connectivity index (χ1n) is 10.1. The smallest absolute Gasteiger partial charge is 0.264 e. The summed E-state index contributed by atoms with van der Waals surface area (Å²) in [6, 6.07) is 12.7. The molecular weight excluding hydrogens is 450 g/mol. The first-order chi connectivity index (χ1) is 15.8. The molecule has 2 aromatic carbocycles. The van der Waals surface area contributed by atoms with Crippen LogP contribution < -0.4 is 19.5 Å². The molecule has 1 fully saturated rings. The van der Waals surface area contributed by atoms with Gasteiger partial charge in [0.05, 0.1) is 16.0 Å². The molecule has 0 unspecified atom stereocenters. The molecule has 2 N–H and O–H groups in total. The lowest BCUT2D eigenvalue weighted by Gasteiger charge is -2.13. The number of nitrogens with zero attached hydrogens (tertiary/aromatic N) is 1. The molecule has 1 saturated carbocycles. The summed E-state index contributed by atoms with van der Waals surface area (Å²) in [5.41, 5.74) is 0.897. The Bertz CT molecular complexity index is 1360. The topological polar surface area (TPSA) is 137 Å². The zero-order valence-electron chi connectivity index (χ0n) is 17.5. The monoisotopic (exact) mass is 469 g/mol. The molecule has 0 bridgehead atoms. The predicted molar refractivity (Wildman–Crippen MR) is 115 cm³/mol. The molecule has 10 nitrogen and oxygen atoms in total. The Morgan fingerprint density at radius 1 is 1.00 bits per heavy atom. The number of nitrogens with one attached hydrogen (secondary N) is 2. The number of hydrogen-bond donors (Lipinski definition) is 2. The van der Waals surface area contributed by atoms with Crippen LogP contribution in [0.4, 0.5) is 5.69 Å². The maximum absolute atomic E-state index is 13.0. The first-order valence-corrected chi connectivity index (χ1v) is 11.6. The quantitative estimate of drug-likeness (QED) is 0.562. The van der Waals surface area contributed by atoms with E-state index in [-0.39, 0.29) is 17.6 Å². The van der Waals surface area contributed by atoms with E-state index in [1.165, 1.54) is 24.3 Å². The van der Waals surface area contributed by atoms with E-state index >= 15 is 0 Å². The van der Waals surface area contributed by atoms with Crippen LogP contribution in [0.2, 0.25) is 0 Å². The van der Waals surface area contributed by atoms with Crippen molar-refractivity contribution < 1.29 is 32.0 Å². The minimum Gasteiger partial charge on any atom is -0.454 e. The summed E-state index contributed by atoms with van der Waals surface area (Å²) < 4.78 is 42.2. The van der Waals surface area contributed by atoms with Gasteiger partial charge < -0.3 is 19.3 Å². The van der Waals surface area contributed by atoms with Crippen LogP contribution in [0.25, 0.3) is 11.3 Å². The first kappa shape index (κ1) is 21.0. The Balaban J connectivity index is 1.31. The molecule has 0 radical (unpaired) electrons. The number of fused-ring (bicyclic) bond motifs is 1. The molecule has 170 valence electrons. The third kappa shape index (κ3) is 3.91.